The van der Waals surface area contributed by atoms with Crippen molar-refractivity contribution in [2.24, 2.45) is 33.8 Å². The fourth-order valence-electron chi connectivity index (χ4n) is 7.72. The minimum atomic E-state index is -3.80. The first-order valence-corrected chi connectivity index (χ1v) is 22.6. The SMILES string of the molecule is Cc1ccc(Nc2ncc3cnn(CC4CCC(C)CC4)c3n2)cc1S(N)(=O)=O.Cc1ccc(Nc2ncc3cnn(CC4CCC(N)CC4)c3n2)cc1S(N)(=O)=O. The van der Waals surface area contributed by atoms with E-state index in [0.29, 0.717) is 52.3 Å². The normalized spacial score (nSPS) is 20.1. The second-order valence-electron chi connectivity index (χ2n) is 15.8. The average Bonchev–Trinajstić information content (AvgIpc) is 3.77. The lowest BCUT2D eigenvalue weighted by molar-refractivity contribution is 0.260. The summed E-state index contributed by atoms with van der Waals surface area (Å²) in [5.41, 5.74) is 9.81. The molecule has 2 aliphatic rings. The standard InChI is InChI=1S/C20H26N6O2S.C19H25N7O2S/c1-13-3-6-15(7-4-13)12-26-19-16(11-23-26)10-22-20(25-19)24-17-8-5-14(2)18(9-17)29(21,27)28;1-12-2-7-16(8-17(12)29(21,27)28)24-19-22-9-14-10-23-26(18(14)25-19)11-13-3-5-15(20)6-4-13/h5,8-11,13,15H,3-4,6-7,12H2,1-2H3,(H2,21,27,28)(H,22,24,25);2,7-10,13,15H,3-6,11,20H2,1H3,(H2,21,27,28)(H,22,24,25). The highest BCUT2D eigenvalue weighted by Crippen LogP contribution is 2.31. The molecule has 8 rings (SSSR count). The molecule has 0 atom stereocenters. The summed E-state index contributed by atoms with van der Waals surface area (Å²) in [5.74, 6) is 2.74. The molecule has 4 heterocycles. The Kier molecular flexibility index (Phi) is 12.1. The maximum atomic E-state index is 11.8. The van der Waals surface area contributed by atoms with Crippen LogP contribution in [0.1, 0.15) is 69.4 Å². The first-order valence-electron chi connectivity index (χ1n) is 19.5. The Balaban J connectivity index is 0.000000177. The minimum absolute atomic E-state index is 0.0733. The van der Waals surface area contributed by atoms with Gasteiger partial charge in [-0.2, -0.15) is 20.2 Å². The molecular weight excluding hydrogens is 779 g/mol. The number of anilines is 4. The fraction of sp³-hybridized carbons (Fsp3) is 0.436. The Morgan fingerprint density at radius 2 is 1.05 bits per heavy atom. The monoisotopic (exact) mass is 829 g/mol. The Morgan fingerprint density at radius 3 is 1.47 bits per heavy atom. The number of rotatable bonds is 10. The molecule has 0 saturated heterocycles. The molecule has 6 aromatic rings. The molecule has 0 bridgehead atoms. The molecule has 2 aromatic carbocycles. The number of primary sulfonamides is 2. The first-order chi connectivity index (χ1) is 27.6. The molecule has 58 heavy (non-hydrogen) atoms. The molecule has 308 valence electrons. The van der Waals surface area contributed by atoms with Crippen LogP contribution in [0.15, 0.2) is 71.0 Å². The van der Waals surface area contributed by atoms with Gasteiger partial charge >= 0.3 is 0 Å². The molecule has 2 aliphatic carbocycles. The first kappa shape index (κ1) is 41.1. The number of nitrogens with two attached hydrogens (primary N) is 3. The van der Waals surface area contributed by atoms with Crippen LogP contribution < -0.4 is 26.6 Å². The Bertz CT molecular complexity index is 2450. The highest BCUT2D eigenvalue weighted by molar-refractivity contribution is 7.89. The average molecular weight is 830 g/mol. The quantitative estimate of drug-likeness (QED) is 0.116. The molecule has 17 nitrogen and oxygen atoms in total. The van der Waals surface area contributed by atoms with E-state index in [1.807, 2.05) is 9.36 Å². The van der Waals surface area contributed by atoms with Gasteiger partial charge in [0.05, 0.1) is 33.0 Å². The van der Waals surface area contributed by atoms with Gasteiger partial charge in [-0.25, -0.2) is 46.4 Å². The Labute approximate surface area is 338 Å². The summed E-state index contributed by atoms with van der Waals surface area (Å²) in [7, 11) is -7.60. The van der Waals surface area contributed by atoms with E-state index < -0.39 is 20.0 Å². The van der Waals surface area contributed by atoms with Crippen LogP contribution >= 0.6 is 0 Å². The zero-order valence-electron chi connectivity index (χ0n) is 32.9. The maximum Gasteiger partial charge on any atom is 0.238 e. The topological polar surface area (TPSA) is 258 Å². The van der Waals surface area contributed by atoms with E-state index in [4.69, 9.17) is 16.0 Å². The predicted octanol–water partition coefficient (Wildman–Crippen LogP) is 5.40. The lowest BCUT2D eigenvalue weighted by atomic mass is 9.83. The fourth-order valence-corrected chi connectivity index (χ4v) is 9.34. The van der Waals surface area contributed by atoms with Gasteiger partial charge in [0, 0.05) is 42.9 Å². The van der Waals surface area contributed by atoms with Crippen molar-refractivity contribution in [3.63, 3.8) is 0 Å². The molecule has 4 aromatic heterocycles. The second kappa shape index (κ2) is 17.0. The van der Waals surface area contributed by atoms with Gasteiger partial charge in [0.2, 0.25) is 31.9 Å². The van der Waals surface area contributed by atoms with Crippen LogP contribution in [0, 0.1) is 31.6 Å². The summed E-state index contributed by atoms with van der Waals surface area (Å²) < 4.78 is 50.9. The van der Waals surface area contributed by atoms with Gasteiger partial charge in [-0.3, -0.25) is 0 Å². The van der Waals surface area contributed by atoms with Crippen LogP contribution in [-0.2, 0) is 33.1 Å². The lowest BCUT2D eigenvalue weighted by Crippen LogP contribution is -2.28. The number of aromatic nitrogens is 8. The maximum absolute atomic E-state index is 11.8. The number of nitrogens with zero attached hydrogens (tertiary/aromatic N) is 8. The molecular formula is C39H51N13O4S2. The van der Waals surface area contributed by atoms with Gasteiger partial charge in [0.15, 0.2) is 11.3 Å². The summed E-state index contributed by atoms with van der Waals surface area (Å²) in [4.78, 5) is 18.0. The third-order valence-corrected chi connectivity index (χ3v) is 13.2. The van der Waals surface area contributed by atoms with E-state index in [1.165, 1.54) is 37.8 Å². The Morgan fingerprint density at radius 1 is 0.638 bits per heavy atom. The summed E-state index contributed by atoms with van der Waals surface area (Å²) >= 11 is 0. The van der Waals surface area contributed by atoms with Gasteiger partial charge in [-0.1, -0.05) is 31.9 Å². The number of benzene rings is 2. The minimum Gasteiger partial charge on any atom is -0.328 e. The van der Waals surface area contributed by atoms with E-state index in [1.54, 1.807) is 62.9 Å². The molecule has 0 amide bonds. The molecule has 0 spiro atoms. The summed E-state index contributed by atoms with van der Waals surface area (Å²) in [5, 5.41) is 27.5. The number of sulfonamides is 2. The van der Waals surface area contributed by atoms with Gasteiger partial charge in [-0.05, 0) is 106 Å². The highest BCUT2D eigenvalue weighted by atomic mass is 32.2. The van der Waals surface area contributed by atoms with Crippen molar-refractivity contribution >= 4 is 65.4 Å². The lowest BCUT2D eigenvalue weighted by Gasteiger charge is -2.26. The number of aryl methyl sites for hydroxylation is 2. The van der Waals surface area contributed by atoms with Crippen LogP contribution in [0.3, 0.4) is 0 Å². The van der Waals surface area contributed by atoms with Crippen molar-refractivity contribution in [3.05, 3.63) is 72.3 Å². The smallest absolute Gasteiger partial charge is 0.238 e. The van der Waals surface area contributed by atoms with Crippen molar-refractivity contribution in [3.8, 4) is 0 Å². The van der Waals surface area contributed by atoms with E-state index >= 15 is 0 Å². The predicted molar refractivity (Wildman–Crippen MR) is 223 cm³/mol. The van der Waals surface area contributed by atoms with Crippen LogP contribution in [0.25, 0.3) is 22.1 Å². The number of fused-ring (bicyclic) bond motifs is 2. The van der Waals surface area contributed by atoms with Crippen LogP contribution in [-0.4, -0.2) is 62.4 Å². The van der Waals surface area contributed by atoms with Gasteiger partial charge in [-0.15, -0.1) is 0 Å². The summed E-state index contributed by atoms with van der Waals surface area (Å²) in [6.07, 6.45) is 16.3. The van der Waals surface area contributed by atoms with Gasteiger partial charge in [0.1, 0.15) is 0 Å². The summed E-state index contributed by atoms with van der Waals surface area (Å²) in [6.45, 7) is 7.37. The molecule has 8 N–H and O–H groups in total. The molecule has 0 aliphatic heterocycles. The van der Waals surface area contributed by atoms with E-state index in [2.05, 4.69) is 47.7 Å². The van der Waals surface area contributed by atoms with E-state index in [9.17, 15) is 16.8 Å². The molecule has 0 unspecified atom stereocenters. The van der Waals surface area contributed by atoms with Crippen LogP contribution in [0.2, 0.25) is 0 Å². The second-order valence-corrected chi connectivity index (χ2v) is 18.9. The van der Waals surface area contributed by atoms with Crippen molar-refractivity contribution in [2.75, 3.05) is 10.6 Å². The van der Waals surface area contributed by atoms with Crippen molar-refractivity contribution in [2.45, 2.75) is 101 Å². The zero-order valence-corrected chi connectivity index (χ0v) is 34.5. The number of hydrogen-bond acceptors (Lipinski definition) is 13. The summed E-state index contributed by atoms with van der Waals surface area (Å²) in [6, 6.07) is 10.2. The van der Waals surface area contributed by atoms with E-state index in [0.717, 1.165) is 66.8 Å². The molecule has 19 heteroatoms. The largest absolute Gasteiger partial charge is 0.328 e. The third-order valence-electron chi connectivity index (χ3n) is 11.1. The van der Waals surface area contributed by atoms with Crippen molar-refractivity contribution in [1.29, 1.82) is 0 Å². The number of hydrogen-bond donors (Lipinski definition) is 5. The molecule has 2 saturated carbocycles. The Hall–Kier alpha value is -5.08. The number of nitrogens with one attached hydrogen (secondary N) is 2. The van der Waals surface area contributed by atoms with Crippen LogP contribution in [0.5, 0.6) is 0 Å². The van der Waals surface area contributed by atoms with Gasteiger partial charge < -0.3 is 16.4 Å². The molecule has 2 fully saturated rings. The zero-order chi connectivity index (χ0) is 41.2. The highest BCUT2D eigenvalue weighted by Gasteiger charge is 2.22. The van der Waals surface area contributed by atoms with Gasteiger partial charge in [0.25, 0.3) is 0 Å². The van der Waals surface area contributed by atoms with Crippen molar-refractivity contribution < 1.29 is 16.8 Å². The molecule has 0 radical (unpaired) electrons. The van der Waals surface area contributed by atoms with E-state index in [-0.39, 0.29) is 9.79 Å². The van der Waals surface area contributed by atoms with Crippen molar-refractivity contribution in [1.82, 2.24) is 39.5 Å². The third kappa shape index (κ3) is 9.95. The van der Waals surface area contributed by atoms with Crippen LogP contribution in [0.4, 0.5) is 23.3 Å².